The molecule has 0 fully saturated rings. The van der Waals surface area contributed by atoms with Gasteiger partial charge in [0, 0.05) is 27.2 Å². The van der Waals surface area contributed by atoms with Gasteiger partial charge >= 0.3 is 0 Å². The fourth-order valence-electron chi connectivity index (χ4n) is 1.83. The van der Waals surface area contributed by atoms with E-state index in [-0.39, 0.29) is 12.4 Å². The van der Waals surface area contributed by atoms with Gasteiger partial charge in [-0.05, 0) is 24.3 Å². The molecular formula is C15H12Cl2N2S. The van der Waals surface area contributed by atoms with Crippen LogP contribution in [0.1, 0.15) is 0 Å². The molecule has 102 valence electrons. The molecule has 0 aliphatic carbocycles. The zero-order chi connectivity index (χ0) is 13.2. The monoisotopic (exact) mass is 322 g/mol. The Bertz CT molecular complexity index is 708. The first-order valence-electron chi connectivity index (χ1n) is 5.80. The molecule has 0 spiro atoms. The van der Waals surface area contributed by atoms with Crippen molar-refractivity contribution >= 4 is 41.0 Å². The van der Waals surface area contributed by atoms with E-state index >= 15 is 0 Å². The van der Waals surface area contributed by atoms with Crippen LogP contribution in [-0.4, -0.2) is 4.98 Å². The number of hydrogen-bond donors (Lipinski definition) is 1. The maximum atomic E-state index is 5.89. The fourth-order valence-corrected chi connectivity index (χ4v) is 2.78. The number of rotatable bonds is 2. The zero-order valence-electron chi connectivity index (χ0n) is 10.4. The lowest BCUT2D eigenvalue weighted by molar-refractivity contribution is 1.40. The highest BCUT2D eigenvalue weighted by Gasteiger charge is 2.06. The summed E-state index contributed by atoms with van der Waals surface area (Å²) in [5.74, 6) is 0. The van der Waals surface area contributed by atoms with Gasteiger partial charge in [-0.15, -0.1) is 23.7 Å². The number of aromatic nitrogens is 1. The number of nitrogen functional groups attached to an aromatic ring is 1. The Hall–Kier alpha value is -1.55. The molecule has 0 unspecified atom stereocenters. The number of anilines is 1. The first-order chi connectivity index (χ1) is 9.22. The largest absolute Gasteiger partial charge is 0.399 e. The van der Waals surface area contributed by atoms with Crippen molar-refractivity contribution in [1.29, 1.82) is 0 Å². The smallest absolute Gasteiger partial charge is 0.124 e. The number of nitrogens with two attached hydrogens (primary N) is 1. The molecule has 0 bridgehead atoms. The summed E-state index contributed by atoms with van der Waals surface area (Å²) in [6, 6.07) is 15.4. The van der Waals surface area contributed by atoms with Gasteiger partial charge in [-0.2, -0.15) is 0 Å². The summed E-state index contributed by atoms with van der Waals surface area (Å²) in [7, 11) is 0. The molecule has 0 aliphatic rings. The summed E-state index contributed by atoms with van der Waals surface area (Å²) in [5.41, 5.74) is 9.61. The normalized spacial score (nSPS) is 10.1. The number of thiazole rings is 1. The van der Waals surface area contributed by atoms with Crippen LogP contribution in [0.5, 0.6) is 0 Å². The van der Waals surface area contributed by atoms with E-state index in [4.69, 9.17) is 17.3 Å². The highest BCUT2D eigenvalue weighted by molar-refractivity contribution is 7.13. The molecule has 3 aromatic rings. The summed E-state index contributed by atoms with van der Waals surface area (Å²) in [4.78, 5) is 4.64. The van der Waals surface area contributed by atoms with Gasteiger partial charge in [-0.25, -0.2) is 4.98 Å². The van der Waals surface area contributed by atoms with Crippen LogP contribution in [0.25, 0.3) is 21.8 Å². The Balaban J connectivity index is 0.00000147. The minimum atomic E-state index is 0. The van der Waals surface area contributed by atoms with Crippen LogP contribution in [0, 0.1) is 0 Å². The summed E-state index contributed by atoms with van der Waals surface area (Å²) >= 11 is 7.50. The third kappa shape index (κ3) is 3.12. The summed E-state index contributed by atoms with van der Waals surface area (Å²) in [5, 5.41) is 3.74. The first kappa shape index (κ1) is 14.9. The van der Waals surface area contributed by atoms with E-state index in [9.17, 15) is 0 Å². The van der Waals surface area contributed by atoms with Gasteiger partial charge in [-0.3, -0.25) is 0 Å². The van der Waals surface area contributed by atoms with Crippen LogP contribution in [0.4, 0.5) is 5.69 Å². The van der Waals surface area contributed by atoms with Gasteiger partial charge in [-0.1, -0.05) is 35.9 Å². The molecular weight excluding hydrogens is 311 g/mol. The quantitative estimate of drug-likeness (QED) is 0.664. The van der Waals surface area contributed by atoms with Crippen LogP contribution in [0.3, 0.4) is 0 Å². The lowest BCUT2D eigenvalue weighted by atomic mass is 10.2. The second-order valence-electron chi connectivity index (χ2n) is 4.17. The van der Waals surface area contributed by atoms with Crippen molar-refractivity contribution in [3.05, 3.63) is 58.9 Å². The average molecular weight is 323 g/mol. The Labute approximate surface area is 132 Å². The van der Waals surface area contributed by atoms with Gasteiger partial charge in [0.15, 0.2) is 0 Å². The highest BCUT2D eigenvalue weighted by atomic mass is 35.5. The van der Waals surface area contributed by atoms with Crippen molar-refractivity contribution < 1.29 is 0 Å². The SMILES string of the molecule is Cl.Nc1cccc(-c2nc(-c3ccc(Cl)cc3)cs2)c1. The topological polar surface area (TPSA) is 38.9 Å². The van der Waals surface area contributed by atoms with E-state index < -0.39 is 0 Å². The predicted molar refractivity (Wildman–Crippen MR) is 89.7 cm³/mol. The van der Waals surface area contributed by atoms with Crippen LogP contribution in [0.2, 0.25) is 5.02 Å². The molecule has 1 aromatic heterocycles. The zero-order valence-corrected chi connectivity index (χ0v) is 12.8. The molecule has 1 heterocycles. The fraction of sp³-hybridized carbons (Fsp3) is 0. The second kappa shape index (κ2) is 6.27. The number of halogens is 2. The Kier molecular flexibility index (Phi) is 4.65. The summed E-state index contributed by atoms with van der Waals surface area (Å²) in [6.07, 6.45) is 0. The van der Waals surface area contributed by atoms with Crippen molar-refractivity contribution in [1.82, 2.24) is 4.98 Å². The second-order valence-corrected chi connectivity index (χ2v) is 5.46. The Morgan fingerprint density at radius 2 is 1.75 bits per heavy atom. The van der Waals surface area contributed by atoms with Crippen molar-refractivity contribution in [2.24, 2.45) is 0 Å². The molecule has 2 nitrogen and oxygen atoms in total. The highest BCUT2D eigenvalue weighted by Crippen LogP contribution is 2.30. The van der Waals surface area contributed by atoms with E-state index in [0.29, 0.717) is 0 Å². The lowest BCUT2D eigenvalue weighted by Crippen LogP contribution is -1.85. The summed E-state index contributed by atoms with van der Waals surface area (Å²) < 4.78 is 0. The molecule has 0 saturated heterocycles. The third-order valence-electron chi connectivity index (χ3n) is 2.78. The van der Waals surface area contributed by atoms with Gasteiger partial charge in [0.2, 0.25) is 0 Å². The predicted octanol–water partition coefficient (Wildman–Crippen LogP) is 5.13. The molecule has 5 heteroatoms. The molecule has 0 amide bonds. The van der Waals surface area contributed by atoms with Crippen molar-refractivity contribution in [3.63, 3.8) is 0 Å². The molecule has 3 rings (SSSR count). The molecule has 2 aromatic carbocycles. The number of nitrogens with zero attached hydrogens (tertiary/aromatic N) is 1. The van der Waals surface area contributed by atoms with Crippen LogP contribution >= 0.6 is 35.3 Å². The maximum Gasteiger partial charge on any atom is 0.124 e. The van der Waals surface area contributed by atoms with Gasteiger partial charge < -0.3 is 5.73 Å². The summed E-state index contributed by atoms with van der Waals surface area (Å²) in [6.45, 7) is 0. The molecule has 0 aliphatic heterocycles. The van der Waals surface area contributed by atoms with E-state index in [1.54, 1.807) is 11.3 Å². The third-order valence-corrected chi connectivity index (χ3v) is 3.92. The van der Waals surface area contributed by atoms with E-state index in [1.807, 2.05) is 53.9 Å². The standard InChI is InChI=1S/C15H11ClN2S.ClH/c16-12-6-4-10(5-7-12)14-9-19-15(18-14)11-2-1-3-13(17)8-11;/h1-9H,17H2;1H. The first-order valence-corrected chi connectivity index (χ1v) is 7.05. The van der Waals surface area contributed by atoms with Crippen molar-refractivity contribution in [2.45, 2.75) is 0 Å². The van der Waals surface area contributed by atoms with Crippen LogP contribution in [-0.2, 0) is 0 Å². The van der Waals surface area contributed by atoms with Gasteiger partial charge in [0.25, 0.3) is 0 Å². The van der Waals surface area contributed by atoms with E-state index in [2.05, 4.69) is 4.98 Å². The van der Waals surface area contributed by atoms with E-state index in [1.165, 1.54) is 0 Å². The van der Waals surface area contributed by atoms with Crippen molar-refractivity contribution in [3.8, 4) is 21.8 Å². The maximum absolute atomic E-state index is 5.89. The Morgan fingerprint density at radius 1 is 1.00 bits per heavy atom. The molecule has 0 atom stereocenters. The minimum absolute atomic E-state index is 0. The average Bonchev–Trinajstić information content (AvgIpc) is 2.89. The minimum Gasteiger partial charge on any atom is -0.399 e. The van der Waals surface area contributed by atoms with Crippen molar-refractivity contribution in [2.75, 3.05) is 5.73 Å². The molecule has 20 heavy (non-hydrogen) atoms. The van der Waals surface area contributed by atoms with Gasteiger partial charge in [0.1, 0.15) is 5.01 Å². The van der Waals surface area contributed by atoms with E-state index in [0.717, 1.165) is 32.5 Å². The van der Waals surface area contributed by atoms with Crippen LogP contribution in [0.15, 0.2) is 53.9 Å². The number of hydrogen-bond acceptors (Lipinski definition) is 3. The molecule has 2 N–H and O–H groups in total. The Morgan fingerprint density at radius 3 is 2.45 bits per heavy atom. The molecule has 0 radical (unpaired) electrons. The lowest BCUT2D eigenvalue weighted by Gasteiger charge is -1.98. The number of benzene rings is 2. The van der Waals surface area contributed by atoms with Crippen LogP contribution < -0.4 is 5.73 Å². The van der Waals surface area contributed by atoms with Gasteiger partial charge in [0.05, 0.1) is 5.69 Å². The molecule has 0 saturated carbocycles.